The molecule has 0 saturated carbocycles. The Morgan fingerprint density at radius 2 is 1.84 bits per heavy atom. The van der Waals surface area contributed by atoms with Gasteiger partial charge in [0.2, 0.25) is 0 Å². The molecule has 0 radical (unpaired) electrons. The van der Waals surface area contributed by atoms with Gasteiger partial charge in [-0.05, 0) is 29.1 Å². The van der Waals surface area contributed by atoms with Crippen LogP contribution in [0.2, 0.25) is 5.02 Å². The third-order valence-corrected chi connectivity index (χ3v) is 6.63. The zero-order chi connectivity index (χ0) is 26.3. The molecule has 0 atom stereocenters. The van der Waals surface area contributed by atoms with Crippen molar-refractivity contribution in [3.8, 4) is 28.6 Å². The largest absolute Gasteiger partial charge is 0.508 e. The number of halogens is 2. The Morgan fingerprint density at radius 1 is 1.08 bits per heavy atom. The van der Waals surface area contributed by atoms with Crippen LogP contribution in [-0.2, 0) is 4.79 Å². The first-order chi connectivity index (χ1) is 17.8. The Balaban J connectivity index is 1.66. The lowest BCUT2D eigenvalue weighted by Crippen LogP contribution is -2.49. The molecule has 2 aromatic heterocycles. The monoisotopic (exact) mass is 523 g/mol. The topological polar surface area (TPSA) is 101 Å². The minimum atomic E-state index is -0.985. The van der Waals surface area contributed by atoms with Crippen molar-refractivity contribution in [2.24, 2.45) is 0 Å². The number of phenols is 1. The van der Waals surface area contributed by atoms with E-state index in [0.29, 0.717) is 64.9 Å². The number of amides is 1. The third kappa shape index (κ3) is 4.33. The van der Waals surface area contributed by atoms with Crippen molar-refractivity contribution in [2.75, 3.05) is 45.3 Å². The standard InChI is InChI=1S/C26H23ClFN5O4/c1-14(28)25(35)33-9-7-32(8-10-33)24-22-21(30-26(31-24)37-3)23(36-2)18(13-29-22)17-12-16(34)11-15-5-4-6-19(27)20(15)17/h4-6,11-13,34H,1,7-10H2,2-3H3. The number of hydrogen-bond donors (Lipinski definition) is 1. The molecule has 1 saturated heterocycles. The van der Waals surface area contributed by atoms with Gasteiger partial charge in [0, 0.05) is 48.3 Å². The summed E-state index contributed by atoms with van der Waals surface area (Å²) in [7, 11) is 2.98. The van der Waals surface area contributed by atoms with Crippen molar-refractivity contribution in [1.29, 1.82) is 0 Å². The fourth-order valence-corrected chi connectivity index (χ4v) is 4.88. The average Bonchev–Trinajstić information content (AvgIpc) is 2.90. The Bertz CT molecular complexity index is 1560. The lowest BCUT2D eigenvalue weighted by Gasteiger charge is -2.35. The number of benzene rings is 2. The number of carbonyl (C=O) groups excluding carboxylic acids is 1. The molecule has 2 aromatic carbocycles. The molecule has 1 aliphatic rings. The molecule has 190 valence electrons. The number of ether oxygens (including phenoxy) is 2. The molecule has 0 bridgehead atoms. The summed E-state index contributed by atoms with van der Waals surface area (Å²) in [6, 6.07) is 8.79. The summed E-state index contributed by atoms with van der Waals surface area (Å²) < 4.78 is 24.5. The van der Waals surface area contributed by atoms with Crippen molar-refractivity contribution >= 4 is 45.1 Å². The number of carbonyl (C=O) groups is 1. The first kappa shape index (κ1) is 24.5. The summed E-state index contributed by atoms with van der Waals surface area (Å²) in [5.74, 6) is -0.735. The molecule has 0 spiro atoms. The highest BCUT2D eigenvalue weighted by Crippen LogP contribution is 2.43. The Labute approximate surface area is 216 Å². The highest BCUT2D eigenvalue weighted by Gasteiger charge is 2.27. The second-order valence-electron chi connectivity index (χ2n) is 8.45. The number of rotatable bonds is 5. The number of fused-ring (bicyclic) bond motifs is 2. The van der Waals surface area contributed by atoms with Gasteiger partial charge in [0.05, 0.1) is 14.2 Å². The van der Waals surface area contributed by atoms with E-state index >= 15 is 0 Å². The van der Waals surface area contributed by atoms with Crippen molar-refractivity contribution in [2.45, 2.75) is 0 Å². The first-order valence-corrected chi connectivity index (χ1v) is 11.8. The van der Waals surface area contributed by atoms with Crippen molar-refractivity contribution in [1.82, 2.24) is 19.9 Å². The van der Waals surface area contributed by atoms with Crippen LogP contribution >= 0.6 is 11.6 Å². The Hall–Kier alpha value is -4.18. The van der Waals surface area contributed by atoms with E-state index in [9.17, 15) is 14.3 Å². The van der Waals surface area contributed by atoms with Crippen LogP contribution in [0.15, 0.2) is 48.9 Å². The van der Waals surface area contributed by atoms with E-state index in [1.165, 1.54) is 19.1 Å². The molecule has 11 heteroatoms. The summed E-state index contributed by atoms with van der Waals surface area (Å²) in [6.45, 7) is 4.47. The van der Waals surface area contributed by atoms with Crippen molar-refractivity contribution < 1.29 is 23.8 Å². The lowest BCUT2D eigenvalue weighted by atomic mass is 9.97. The predicted octanol–water partition coefficient (Wildman–Crippen LogP) is 4.35. The Morgan fingerprint density at radius 3 is 2.51 bits per heavy atom. The number of piperazine rings is 1. The predicted molar refractivity (Wildman–Crippen MR) is 139 cm³/mol. The normalized spacial score (nSPS) is 13.7. The third-order valence-electron chi connectivity index (χ3n) is 6.31. The summed E-state index contributed by atoms with van der Waals surface area (Å²) in [5, 5.41) is 12.4. The van der Waals surface area contributed by atoms with Crippen LogP contribution in [0.25, 0.3) is 32.9 Å². The van der Waals surface area contributed by atoms with Gasteiger partial charge in [0.15, 0.2) is 17.4 Å². The van der Waals surface area contributed by atoms with Gasteiger partial charge in [-0.3, -0.25) is 4.79 Å². The number of hydrogen-bond acceptors (Lipinski definition) is 8. The molecule has 5 rings (SSSR count). The zero-order valence-corrected chi connectivity index (χ0v) is 20.9. The van der Waals surface area contributed by atoms with E-state index in [0.717, 1.165) is 10.8 Å². The summed E-state index contributed by atoms with van der Waals surface area (Å²) in [6.07, 6.45) is 1.63. The number of phenolic OH excluding ortho intramolecular Hbond substituents is 1. The maximum absolute atomic E-state index is 13.3. The number of pyridine rings is 1. The van der Waals surface area contributed by atoms with Crippen molar-refractivity contribution in [3.63, 3.8) is 0 Å². The van der Waals surface area contributed by atoms with Gasteiger partial charge in [0.1, 0.15) is 16.8 Å². The number of methoxy groups -OCH3 is 2. The Kier molecular flexibility index (Phi) is 6.43. The molecular formula is C26H23ClFN5O4. The second-order valence-corrected chi connectivity index (χ2v) is 8.86. The van der Waals surface area contributed by atoms with Gasteiger partial charge in [-0.25, -0.2) is 9.37 Å². The van der Waals surface area contributed by atoms with Crippen LogP contribution in [0.3, 0.4) is 0 Å². The fourth-order valence-electron chi connectivity index (χ4n) is 4.60. The molecule has 1 aliphatic heterocycles. The van der Waals surface area contributed by atoms with Crippen LogP contribution in [0.1, 0.15) is 0 Å². The molecule has 1 N–H and O–H groups in total. The number of aromatic hydroxyl groups is 1. The molecule has 3 heterocycles. The molecule has 37 heavy (non-hydrogen) atoms. The lowest BCUT2D eigenvalue weighted by molar-refractivity contribution is -0.128. The summed E-state index contributed by atoms with van der Waals surface area (Å²) >= 11 is 6.55. The van der Waals surface area contributed by atoms with Crippen LogP contribution < -0.4 is 14.4 Å². The summed E-state index contributed by atoms with van der Waals surface area (Å²) in [4.78, 5) is 29.1. The van der Waals surface area contributed by atoms with Gasteiger partial charge in [0.25, 0.3) is 5.91 Å². The van der Waals surface area contributed by atoms with Crippen LogP contribution in [0.4, 0.5) is 10.2 Å². The quantitative estimate of drug-likeness (QED) is 0.385. The van der Waals surface area contributed by atoms with E-state index in [4.69, 9.17) is 21.1 Å². The van der Waals surface area contributed by atoms with E-state index < -0.39 is 11.7 Å². The molecule has 0 aliphatic carbocycles. The zero-order valence-electron chi connectivity index (χ0n) is 20.2. The highest BCUT2D eigenvalue weighted by atomic mass is 35.5. The van der Waals surface area contributed by atoms with Gasteiger partial charge in [-0.1, -0.05) is 30.3 Å². The van der Waals surface area contributed by atoms with Crippen LogP contribution in [0.5, 0.6) is 17.5 Å². The minimum Gasteiger partial charge on any atom is -0.508 e. The molecule has 1 fully saturated rings. The summed E-state index contributed by atoms with van der Waals surface area (Å²) in [5.41, 5.74) is 2.07. The first-order valence-electron chi connectivity index (χ1n) is 11.4. The van der Waals surface area contributed by atoms with Gasteiger partial charge in [-0.2, -0.15) is 9.97 Å². The van der Waals surface area contributed by atoms with Crippen LogP contribution in [-0.4, -0.2) is 71.3 Å². The molecule has 4 aromatic rings. The minimum absolute atomic E-state index is 0.0660. The van der Waals surface area contributed by atoms with Gasteiger partial charge >= 0.3 is 6.01 Å². The van der Waals surface area contributed by atoms with E-state index in [1.54, 1.807) is 24.4 Å². The smallest absolute Gasteiger partial charge is 0.318 e. The van der Waals surface area contributed by atoms with E-state index in [1.807, 2.05) is 17.0 Å². The molecule has 9 nitrogen and oxygen atoms in total. The van der Waals surface area contributed by atoms with Gasteiger partial charge in [-0.15, -0.1) is 0 Å². The molecular weight excluding hydrogens is 501 g/mol. The average molecular weight is 524 g/mol. The molecule has 0 unspecified atom stereocenters. The number of anilines is 1. The second kappa shape index (κ2) is 9.70. The number of nitrogens with zero attached hydrogens (tertiary/aromatic N) is 5. The molecule has 1 amide bonds. The SMILES string of the molecule is C=C(F)C(=O)N1CCN(c2nc(OC)nc3c(OC)c(-c4cc(O)cc5cccc(Cl)c45)cnc23)CC1. The maximum Gasteiger partial charge on any atom is 0.318 e. The number of aromatic nitrogens is 3. The maximum atomic E-state index is 13.3. The van der Waals surface area contributed by atoms with Gasteiger partial charge < -0.3 is 24.4 Å². The van der Waals surface area contributed by atoms with E-state index in [2.05, 4.69) is 21.5 Å². The highest BCUT2D eigenvalue weighted by molar-refractivity contribution is 6.36. The van der Waals surface area contributed by atoms with Crippen LogP contribution in [0, 0.1) is 0 Å². The van der Waals surface area contributed by atoms with E-state index in [-0.39, 0.29) is 11.8 Å². The fraction of sp³-hybridized carbons (Fsp3) is 0.231. The van der Waals surface area contributed by atoms with Crippen molar-refractivity contribution in [3.05, 3.63) is 54.0 Å².